The second kappa shape index (κ2) is 3.95. The fourth-order valence-corrected chi connectivity index (χ4v) is 1.21. The molecule has 15 heavy (non-hydrogen) atoms. The van der Waals surface area contributed by atoms with Crippen molar-refractivity contribution in [2.75, 3.05) is 0 Å². The fraction of sp³-hybridized carbons (Fsp3) is 0.222. The molecule has 0 radical (unpaired) electrons. The number of carbonyl (C=O) groups excluding carboxylic acids is 1. The van der Waals surface area contributed by atoms with Crippen LogP contribution in [0.25, 0.3) is 0 Å². The molecule has 0 saturated carbocycles. The molecule has 0 atom stereocenters. The molecule has 0 bridgehead atoms. The number of aromatic nitrogens is 5. The zero-order valence-electron chi connectivity index (χ0n) is 8.16. The lowest BCUT2D eigenvalue weighted by atomic mass is 10.4. The zero-order valence-corrected chi connectivity index (χ0v) is 8.16. The standard InChI is InChI=1S/C9H9N5O/c1-7-12-9(6-15)13-14(7)5-8-4-10-2-3-11-8/h2-4,6H,5H2,1H3. The van der Waals surface area contributed by atoms with Gasteiger partial charge >= 0.3 is 0 Å². The lowest BCUT2D eigenvalue weighted by Gasteiger charge is -2.00. The summed E-state index contributed by atoms with van der Waals surface area (Å²) in [6, 6.07) is 0. The van der Waals surface area contributed by atoms with E-state index in [1.807, 2.05) is 0 Å². The minimum absolute atomic E-state index is 0.191. The Labute approximate surface area is 86.0 Å². The second-order valence-corrected chi connectivity index (χ2v) is 2.99. The minimum atomic E-state index is 0.191. The van der Waals surface area contributed by atoms with E-state index in [0.29, 0.717) is 18.7 Å². The van der Waals surface area contributed by atoms with Crippen molar-refractivity contribution < 1.29 is 4.79 Å². The lowest BCUT2D eigenvalue weighted by molar-refractivity contribution is 0.111. The first-order valence-corrected chi connectivity index (χ1v) is 4.41. The molecular weight excluding hydrogens is 194 g/mol. The maximum absolute atomic E-state index is 10.5. The van der Waals surface area contributed by atoms with Crippen LogP contribution in [0.15, 0.2) is 18.6 Å². The normalized spacial score (nSPS) is 10.2. The van der Waals surface area contributed by atoms with Crippen molar-refractivity contribution in [3.8, 4) is 0 Å². The van der Waals surface area contributed by atoms with Crippen molar-refractivity contribution >= 4 is 6.29 Å². The number of hydrogen-bond donors (Lipinski definition) is 0. The topological polar surface area (TPSA) is 73.6 Å². The summed E-state index contributed by atoms with van der Waals surface area (Å²) in [7, 11) is 0. The highest BCUT2D eigenvalue weighted by Gasteiger charge is 2.05. The number of nitrogens with zero attached hydrogens (tertiary/aromatic N) is 5. The second-order valence-electron chi connectivity index (χ2n) is 2.99. The molecule has 0 amide bonds. The third-order valence-electron chi connectivity index (χ3n) is 1.91. The number of aldehydes is 1. The van der Waals surface area contributed by atoms with Gasteiger partial charge in [-0.25, -0.2) is 9.67 Å². The van der Waals surface area contributed by atoms with Crippen LogP contribution in [0.5, 0.6) is 0 Å². The first-order chi connectivity index (χ1) is 7.29. The SMILES string of the molecule is Cc1nc(C=O)nn1Cc1cnccn1. The fourth-order valence-electron chi connectivity index (χ4n) is 1.21. The van der Waals surface area contributed by atoms with Gasteiger partial charge in [0.2, 0.25) is 5.82 Å². The molecule has 6 heteroatoms. The number of rotatable bonds is 3. The predicted molar refractivity (Wildman–Crippen MR) is 51.3 cm³/mol. The summed E-state index contributed by atoms with van der Waals surface area (Å²) in [5.74, 6) is 0.874. The van der Waals surface area contributed by atoms with Gasteiger partial charge in [-0.2, -0.15) is 0 Å². The molecule has 0 spiro atoms. The summed E-state index contributed by atoms with van der Waals surface area (Å²) in [5.41, 5.74) is 0.781. The van der Waals surface area contributed by atoms with Gasteiger partial charge in [0.15, 0.2) is 6.29 Å². The molecule has 0 aliphatic heterocycles. The first kappa shape index (κ1) is 9.45. The lowest BCUT2D eigenvalue weighted by Crippen LogP contribution is -2.06. The Morgan fingerprint density at radius 3 is 2.93 bits per heavy atom. The molecule has 0 fully saturated rings. The molecule has 76 valence electrons. The summed E-state index contributed by atoms with van der Waals surface area (Å²) < 4.78 is 1.62. The Morgan fingerprint density at radius 2 is 2.33 bits per heavy atom. The van der Waals surface area contributed by atoms with Gasteiger partial charge in [-0.1, -0.05) is 0 Å². The summed E-state index contributed by atoms with van der Waals surface area (Å²) in [5, 5.41) is 3.99. The minimum Gasteiger partial charge on any atom is -0.294 e. The van der Waals surface area contributed by atoms with Crippen molar-refractivity contribution in [3.05, 3.63) is 35.9 Å². The third-order valence-corrected chi connectivity index (χ3v) is 1.91. The largest absolute Gasteiger partial charge is 0.294 e. The van der Waals surface area contributed by atoms with E-state index in [2.05, 4.69) is 20.1 Å². The van der Waals surface area contributed by atoms with Gasteiger partial charge in [0.1, 0.15) is 5.82 Å². The van der Waals surface area contributed by atoms with E-state index >= 15 is 0 Å². The number of aryl methyl sites for hydroxylation is 1. The molecule has 0 unspecified atom stereocenters. The van der Waals surface area contributed by atoms with E-state index in [0.717, 1.165) is 5.69 Å². The Balaban J connectivity index is 2.24. The highest BCUT2D eigenvalue weighted by molar-refractivity contribution is 5.68. The number of hydrogen-bond acceptors (Lipinski definition) is 5. The molecule has 0 aromatic carbocycles. The summed E-state index contributed by atoms with van der Waals surface area (Å²) in [4.78, 5) is 22.5. The maximum atomic E-state index is 10.5. The zero-order chi connectivity index (χ0) is 10.7. The van der Waals surface area contributed by atoms with Gasteiger partial charge < -0.3 is 0 Å². The average molecular weight is 203 g/mol. The van der Waals surface area contributed by atoms with Crippen molar-refractivity contribution in [2.24, 2.45) is 0 Å². The van der Waals surface area contributed by atoms with Crippen LogP contribution in [-0.2, 0) is 6.54 Å². The summed E-state index contributed by atoms with van der Waals surface area (Å²) >= 11 is 0. The van der Waals surface area contributed by atoms with E-state index in [-0.39, 0.29) is 5.82 Å². The van der Waals surface area contributed by atoms with Gasteiger partial charge in [0, 0.05) is 12.4 Å². The molecule has 2 aromatic rings. The molecule has 6 nitrogen and oxygen atoms in total. The predicted octanol–water partition coefficient (Wildman–Crippen LogP) is 0.237. The maximum Gasteiger partial charge on any atom is 0.214 e. The smallest absolute Gasteiger partial charge is 0.214 e. The molecule has 0 saturated heterocycles. The van der Waals surface area contributed by atoms with Gasteiger partial charge in [-0.3, -0.25) is 14.8 Å². The molecule has 2 rings (SSSR count). The van der Waals surface area contributed by atoms with Crippen LogP contribution in [-0.4, -0.2) is 31.0 Å². The molecule has 2 heterocycles. The molecule has 0 aliphatic rings. The van der Waals surface area contributed by atoms with Crippen LogP contribution in [0.3, 0.4) is 0 Å². The van der Waals surface area contributed by atoms with E-state index in [1.54, 1.807) is 30.2 Å². The Kier molecular flexibility index (Phi) is 2.49. The Bertz CT molecular complexity index is 465. The van der Waals surface area contributed by atoms with Crippen LogP contribution in [0.4, 0.5) is 0 Å². The van der Waals surface area contributed by atoms with Crippen molar-refractivity contribution in [1.82, 2.24) is 24.7 Å². The highest BCUT2D eigenvalue weighted by atomic mass is 16.1. The van der Waals surface area contributed by atoms with Gasteiger partial charge in [-0.15, -0.1) is 5.10 Å². The Morgan fingerprint density at radius 1 is 1.47 bits per heavy atom. The Hall–Kier alpha value is -2.11. The summed E-state index contributed by atoms with van der Waals surface area (Å²) in [6.07, 6.45) is 5.50. The van der Waals surface area contributed by atoms with E-state index in [9.17, 15) is 4.79 Å². The van der Waals surface area contributed by atoms with Crippen LogP contribution in [0.2, 0.25) is 0 Å². The van der Waals surface area contributed by atoms with E-state index < -0.39 is 0 Å². The van der Waals surface area contributed by atoms with Crippen molar-refractivity contribution in [3.63, 3.8) is 0 Å². The quantitative estimate of drug-likeness (QED) is 0.668. The summed E-state index contributed by atoms with van der Waals surface area (Å²) in [6.45, 7) is 2.26. The molecule has 0 aliphatic carbocycles. The molecule has 2 aromatic heterocycles. The van der Waals surface area contributed by atoms with Gasteiger partial charge in [0.25, 0.3) is 0 Å². The van der Waals surface area contributed by atoms with E-state index in [1.165, 1.54) is 0 Å². The van der Waals surface area contributed by atoms with Gasteiger partial charge in [0.05, 0.1) is 18.4 Å². The van der Waals surface area contributed by atoms with E-state index in [4.69, 9.17) is 0 Å². The highest BCUT2D eigenvalue weighted by Crippen LogP contribution is 1.99. The van der Waals surface area contributed by atoms with Crippen LogP contribution < -0.4 is 0 Å². The monoisotopic (exact) mass is 203 g/mol. The average Bonchev–Trinajstić information content (AvgIpc) is 2.61. The van der Waals surface area contributed by atoms with Crippen LogP contribution in [0, 0.1) is 6.92 Å². The number of carbonyl (C=O) groups is 1. The first-order valence-electron chi connectivity index (χ1n) is 4.41. The van der Waals surface area contributed by atoms with Crippen molar-refractivity contribution in [1.29, 1.82) is 0 Å². The van der Waals surface area contributed by atoms with Crippen LogP contribution >= 0.6 is 0 Å². The molecule has 0 N–H and O–H groups in total. The van der Waals surface area contributed by atoms with Crippen molar-refractivity contribution in [2.45, 2.75) is 13.5 Å². The third kappa shape index (κ3) is 2.04. The van der Waals surface area contributed by atoms with Gasteiger partial charge in [-0.05, 0) is 6.92 Å². The van der Waals surface area contributed by atoms with Crippen LogP contribution in [0.1, 0.15) is 22.1 Å². The molecular formula is C9H9N5O.